The van der Waals surface area contributed by atoms with Crippen LogP contribution in [0.4, 0.5) is 0 Å². The second-order valence-corrected chi connectivity index (χ2v) is 10.8. The van der Waals surface area contributed by atoms with E-state index in [1.165, 1.54) is 19.1 Å². The number of cyclic esters (lactones) is 1. The van der Waals surface area contributed by atoms with Crippen molar-refractivity contribution in [3.8, 4) is 0 Å². The highest BCUT2D eigenvalue weighted by molar-refractivity contribution is 6.32. The third kappa shape index (κ3) is 4.09. The summed E-state index contributed by atoms with van der Waals surface area (Å²) in [6, 6.07) is 0. The maximum absolute atomic E-state index is 14.6. The molecule has 0 amide bonds. The number of aliphatic hydroxyl groups is 1. The Morgan fingerprint density at radius 3 is 2.42 bits per heavy atom. The normalized spacial score (nSPS) is 40.7. The molecule has 9 heteroatoms. The van der Waals surface area contributed by atoms with E-state index in [4.69, 9.17) is 14.6 Å². The predicted molar refractivity (Wildman–Crippen MR) is 134 cm³/mol. The molecule has 4 rings (SSSR count). The first-order chi connectivity index (χ1) is 17.9. The van der Waals surface area contributed by atoms with E-state index in [1.807, 2.05) is 12.2 Å². The Morgan fingerprint density at radius 2 is 1.82 bits per heavy atom. The average Bonchev–Trinajstić information content (AvgIpc) is 3.07. The van der Waals surface area contributed by atoms with Crippen molar-refractivity contribution in [2.75, 3.05) is 0 Å². The van der Waals surface area contributed by atoms with Crippen molar-refractivity contribution in [2.24, 2.45) is 40.4 Å². The highest BCUT2D eigenvalue weighted by atomic mass is 16.6. The fraction of sp³-hybridized carbons (Fsp3) is 0.483. The van der Waals surface area contributed by atoms with Gasteiger partial charge in [0.1, 0.15) is 6.10 Å². The summed E-state index contributed by atoms with van der Waals surface area (Å²) in [4.78, 5) is 63.8. The third-order valence-electron chi connectivity index (χ3n) is 8.87. The Hall–Kier alpha value is -3.59. The quantitative estimate of drug-likeness (QED) is 0.182. The number of hydrogen-bond acceptors (Lipinski definition) is 8. The molecule has 0 aromatic heterocycles. The van der Waals surface area contributed by atoms with E-state index in [1.54, 1.807) is 32.1 Å². The van der Waals surface area contributed by atoms with E-state index >= 15 is 0 Å². The van der Waals surface area contributed by atoms with Crippen molar-refractivity contribution in [3.63, 3.8) is 0 Å². The zero-order valence-corrected chi connectivity index (χ0v) is 21.5. The number of rotatable bonds is 5. The van der Waals surface area contributed by atoms with Gasteiger partial charge < -0.3 is 19.7 Å². The molecule has 0 radical (unpaired) electrons. The standard InChI is InChI=1S/C29H32O9/c1-15-22(38-17(3)30)14-21-20(24(15)33)12-11-18-13-19(9-7-5-6-8-10-23(31)32)29(26(35)28(18,21)4)25(34)16(2)37-27(29)36/h5-12,15,18-22,24,33H,2,13-14H2,1,3-4H3,(H,31,32)/b6-5+,9-7+,10-8+/t15-,18-,19+,20+,21-,22+,24+,28-,29+/m0/s1. The first kappa shape index (κ1) is 27.4. The number of carboxylic acid groups (broad SMARTS) is 1. The number of esters is 2. The fourth-order valence-electron chi connectivity index (χ4n) is 6.89. The van der Waals surface area contributed by atoms with Gasteiger partial charge in [0.05, 0.1) is 6.10 Å². The number of carboxylic acids is 1. The number of ether oxygens (including phenoxy) is 2. The van der Waals surface area contributed by atoms with Gasteiger partial charge in [-0.05, 0) is 24.7 Å². The molecule has 0 aromatic carbocycles. The maximum atomic E-state index is 14.6. The number of hydrogen-bond donors (Lipinski definition) is 2. The molecule has 202 valence electrons. The van der Waals surface area contributed by atoms with E-state index in [-0.39, 0.29) is 24.0 Å². The van der Waals surface area contributed by atoms with Gasteiger partial charge in [0.2, 0.25) is 5.78 Å². The van der Waals surface area contributed by atoms with E-state index in [0.717, 1.165) is 6.08 Å². The Balaban J connectivity index is 1.77. The summed E-state index contributed by atoms with van der Waals surface area (Å²) in [7, 11) is 0. The van der Waals surface area contributed by atoms with Gasteiger partial charge >= 0.3 is 17.9 Å². The van der Waals surface area contributed by atoms with Crippen LogP contribution in [0.15, 0.2) is 60.9 Å². The van der Waals surface area contributed by atoms with Crippen LogP contribution in [0.1, 0.15) is 33.6 Å². The first-order valence-electron chi connectivity index (χ1n) is 12.7. The van der Waals surface area contributed by atoms with Gasteiger partial charge in [-0.2, -0.15) is 0 Å². The number of aliphatic carboxylic acids is 1. The van der Waals surface area contributed by atoms with Gasteiger partial charge in [0.25, 0.3) is 0 Å². The van der Waals surface area contributed by atoms with E-state index in [0.29, 0.717) is 6.42 Å². The van der Waals surface area contributed by atoms with Gasteiger partial charge in [-0.25, -0.2) is 4.79 Å². The molecule has 1 aliphatic heterocycles. The number of carbonyl (C=O) groups excluding carboxylic acids is 4. The number of allylic oxidation sites excluding steroid dienone is 7. The van der Waals surface area contributed by atoms with Crippen molar-refractivity contribution >= 4 is 29.5 Å². The first-order valence-corrected chi connectivity index (χ1v) is 12.7. The summed E-state index contributed by atoms with van der Waals surface area (Å²) < 4.78 is 10.7. The lowest BCUT2D eigenvalue weighted by Gasteiger charge is -2.58. The van der Waals surface area contributed by atoms with Crippen LogP contribution < -0.4 is 0 Å². The lowest BCUT2D eigenvalue weighted by molar-refractivity contribution is -0.180. The van der Waals surface area contributed by atoms with Crippen molar-refractivity contribution in [1.29, 1.82) is 0 Å². The molecule has 9 nitrogen and oxygen atoms in total. The van der Waals surface area contributed by atoms with Crippen LogP contribution in [0.2, 0.25) is 0 Å². The third-order valence-corrected chi connectivity index (χ3v) is 8.87. The second-order valence-electron chi connectivity index (χ2n) is 10.8. The van der Waals surface area contributed by atoms with Crippen LogP contribution in [0.3, 0.4) is 0 Å². The lowest BCUT2D eigenvalue weighted by atomic mass is 9.43. The summed E-state index contributed by atoms with van der Waals surface area (Å²) >= 11 is 0. The highest BCUT2D eigenvalue weighted by Crippen LogP contribution is 2.62. The van der Waals surface area contributed by atoms with Crippen LogP contribution in [0.5, 0.6) is 0 Å². The van der Waals surface area contributed by atoms with Crippen molar-refractivity contribution in [1.82, 2.24) is 0 Å². The Morgan fingerprint density at radius 1 is 1.13 bits per heavy atom. The van der Waals surface area contributed by atoms with Gasteiger partial charge in [-0.1, -0.05) is 63.0 Å². The van der Waals surface area contributed by atoms with E-state index in [9.17, 15) is 29.1 Å². The van der Waals surface area contributed by atoms with Gasteiger partial charge in [-0.3, -0.25) is 19.2 Å². The van der Waals surface area contributed by atoms with E-state index < -0.39 is 70.3 Å². The molecule has 2 N–H and O–H groups in total. The van der Waals surface area contributed by atoms with Crippen molar-refractivity contribution in [3.05, 3.63) is 60.9 Å². The zero-order valence-electron chi connectivity index (χ0n) is 21.5. The predicted octanol–water partition coefficient (Wildman–Crippen LogP) is 2.71. The molecule has 3 fully saturated rings. The van der Waals surface area contributed by atoms with Gasteiger partial charge in [-0.15, -0.1) is 0 Å². The Bertz CT molecular complexity index is 1210. The molecule has 0 bridgehead atoms. The fourth-order valence-corrected chi connectivity index (χ4v) is 6.89. The largest absolute Gasteiger partial charge is 0.478 e. The van der Waals surface area contributed by atoms with Crippen LogP contribution >= 0.6 is 0 Å². The maximum Gasteiger partial charge on any atom is 0.333 e. The number of carbonyl (C=O) groups is 5. The van der Waals surface area contributed by atoms with Crippen molar-refractivity contribution < 1.29 is 43.7 Å². The van der Waals surface area contributed by atoms with Gasteiger partial charge in [0.15, 0.2) is 17.0 Å². The summed E-state index contributed by atoms with van der Waals surface area (Å²) in [5, 5.41) is 19.8. The van der Waals surface area contributed by atoms with Crippen LogP contribution in [0, 0.1) is 40.4 Å². The van der Waals surface area contributed by atoms with Crippen LogP contribution in [-0.2, 0) is 33.4 Å². The summed E-state index contributed by atoms with van der Waals surface area (Å²) in [5.74, 6) is -6.78. The molecule has 0 unspecified atom stereocenters. The molecule has 3 aliphatic carbocycles. The minimum absolute atomic E-state index is 0.273. The Labute approximate surface area is 220 Å². The van der Waals surface area contributed by atoms with Crippen LogP contribution in [0.25, 0.3) is 0 Å². The minimum Gasteiger partial charge on any atom is -0.478 e. The topological polar surface area (TPSA) is 144 Å². The molecule has 2 saturated carbocycles. The van der Waals surface area contributed by atoms with Gasteiger partial charge in [0, 0.05) is 36.2 Å². The SMILES string of the molecule is C=C1OC(=O)[C@]2(C1=O)C(=O)[C@@]1(C)[C@@H](C=C[C@H]3[C@H](O)[C@@H](C)[C@H](OC(C)=O)C[C@@H]31)C[C@H]2/C=C/C=C/C=C/C(=O)O. The number of ketones is 2. The molecule has 4 aliphatic rings. The molecule has 9 atom stereocenters. The summed E-state index contributed by atoms with van der Waals surface area (Å²) in [6.45, 7) is 8.37. The molecule has 38 heavy (non-hydrogen) atoms. The molecule has 0 aromatic rings. The summed E-state index contributed by atoms with van der Waals surface area (Å²) in [6.07, 6.45) is 11.3. The molecular formula is C29H32O9. The second kappa shape index (κ2) is 9.94. The molecule has 1 spiro atoms. The molecular weight excluding hydrogens is 492 g/mol. The zero-order chi connectivity index (χ0) is 28.0. The monoisotopic (exact) mass is 524 g/mol. The Kier molecular flexibility index (Phi) is 7.18. The number of Topliss-reactive ketones (excluding diaryl/α,β-unsaturated/α-hetero) is 2. The lowest BCUT2D eigenvalue weighted by Crippen LogP contribution is -2.65. The summed E-state index contributed by atoms with van der Waals surface area (Å²) in [5.41, 5.74) is -3.34. The average molecular weight is 525 g/mol. The molecule has 1 saturated heterocycles. The number of aliphatic hydroxyl groups excluding tert-OH is 1. The van der Waals surface area contributed by atoms with Crippen molar-refractivity contribution in [2.45, 2.75) is 45.8 Å². The smallest absolute Gasteiger partial charge is 0.333 e. The van der Waals surface area contributed by atoms with Crippen LogP contribution in [-0.4, -0.2) is 51.9 Å². The highest BCUT2D eigenvalue weighted by Gasteiger charge is 2.73. The van der Waals surface area contributed by atoms with E-state index in [2.05, 4.69) is 6.58 Å². The minimum atomic E-state index is -2.12. The molecule has 1 heterocycles. The number of fused-ring (bicyclic) bond motifs is 3.